The quantitative estimate of drug-likeness (QED) is 0.443. The molecule has 3 rings (SSSR count). The zero-order chi connectivity index (χ0) is 13.1. The summed E-state index contributed by atoms with van der Waals surface area (Å²) in [5.74, 6) is 0. The number of fused-ring (bicyclic) bond motifs is 3. The van der Waals surface area contributed by atoms with Gasteiger partial charge in [0.25, 0.3) is 0 Å². The van der Waals surface area contributed by atoms with Crippen LogP contribution in [0.5, 0.6) is 0 Å². The van der Waals surface area contributed by atoms with Crippen molar-refractivity contribution in [1.29, 1.82) is 0 Å². The highest BCUT2D eigenvalue weighted by Gasteiger charge is 2.04. The third kappa shape index (κ3) is 1.99. The molecule has 0 aliphatic heterocycles. The van der Waals surface area contributed by atoms with Gasteiger partial charge in [-0.1, -0.05) is 62.4 Å². The lowest BCUT2D eigenvalue weighted by Crippen LogP contribution is -1.84. The van der Waals surface area contributed by atoms with Gasteiger partial charge in [0, 0.05) is 0 Å². The summed E-state index contributed by atoms with van der Waals surface area (Å²) in [6, 6.07) is 17.5. The largest absolute Gasteiger partial charge is 0.0683 e. The van der Waals surface area contributed by atoms with Crippen LogP contribution in [-0.2, 0) is 0 Å². The number of aryl methyl sites for hydroxylation is 2. The van der Waals surface area contributed by atoms with Gasteiger partial charge in [-0.3, -0.25) is 0 Å². The van der Waals surface area contributed by atoms with E-state index in [0.717, 1.165) is 0 Å². The van der Waals surface area contributed by atoms with Crippen LogP contribution in [0, 0.1) is 13.8 Å². The Balaban J connectivity index is 0.000000574. The fourth-order valence-corrected chi connectivity index (χ4v) is 2.46. The minimum atomic E-state index is 1.35. The van der Waals surface area contributed by atoms with Gasteiger partial charge in [0.1, 0.15) is 0 Å². The molecule has 0 heteroatoms. The molecule has 0 amide bonds. The van der Waals surface area contributed by atoms with Crippen molar-refractivity contribution in [3.8, 4) is 0 Å². The minimum Gasteiger partial charge on any atom is -0.0683 e. The van der Waals surface area contributed by atoms with E-state index in [2.05, 4.69) is 62.4 Å². The summed E-state index contributed by atoms with van der Waals surface area (Å²) in [4.78, 5) is 0. The van der Waals surface area contributed by atoms with Crippen LogP contribution < -0.4 is 0 Å². The Bertz CT molecular complexity index is 673. The van der Waals surface area contributed by atoms with Crippen LogP contribution in [0.4, 0.5) is 0 Å². The molecular weight excluding hydrogens is 216 g/mol. The van der Waals surface area contributed by atoms with E-state index < -0.39 is 0 Å². The van der Waals surface area contributed by atoms with Gasteiger partial charge in [-0.15, -0.1) is 0 Å². The molecule has 3 aromatic carbocycles. The van der Waals surface area contributed by atoms with Crippen molar-refractivity contribution in [3.05, 3.63) is 59.7 Å². The molecule has 0 bridgehead atoms. The van der Waals surface area contributed by atoms with Crippen LogP contribution in [-0.4, -0.2) is 0 Å². The standard InChI is InChI=1S/C16H14.C2H6/c1-11-6-5-9-15-14-8-4-3-7-13(14)12(2)10-16(11)15;1-2/h3-10H,1-2H3;1-2H3. The Kier molecular flexibility index (Phi) is 3.66. The van der Waals surface area contributed by atoms with E-state index in [1.54, 1.807) is 0 Å². The average molecular weight is 236 g/mol. The highest BCUT2D eigenvalue weighted by Crippen LogP contribution is 2.29. The topological polar surface area (TPSA) is 0 Å². The van der Waals surface area contributed by atoms with E-state index in [-0.39, 0.29) is 0 Å². The second-order valence-corrected chi connectivity index (χ2v) is 4.41. The fraction of sp³-hybridized carbons (Fsp3) is 0.222. The van der Waals surface area contributed by atoms with Crippen molar-refractivity contribution >= 4 is 21.5 Å². The van der Waals surface area contributed by atoms with Crippen molar-refractivity contribution in [2.75, 3.05) is 0 Å². The minimum absolute atomic E-state index is 1.35. The molecule has 0 spiro atoms. The fourth-order valence-electron chi connectivity index (χ4n) is 2.46. The van der Waals surface area contributed by atoms with Crippen LogP contribution in [0.3, 0.4) is 0 Å². The predicted octanol–water partition coefficient (Wildman–Crippen LogP) is 5.64. The summed E-state index contributed by atoms with van der Waals surface area (Å²) in [5, 5.41) is 5.46. The summed E-state index contributed by atoms with van der Waals surface area (Å²) in [7, 11) is 0. The Labute approximate surface area is 109 Å². The molecular formula is C18H20. The first-order valence-electron chi connectivity index (χ1n) is 6.65. The number of rotatable bonds is 0. The number of hydrogen-bond acceptors (Lipinski definition) is 0. The summed E-state index contributed by atoms with van der Waals surface area (Å²) in [5.41, 5.74) is 2.71. The lowest BCUT2D eigenvalue weighted by Gasteiger charge is -2.09. The third-order valence-electron chi connectivity index (χ3n) is 3.33. The molecule has 0 saturated heterocycles. The molecule has 0 aliphatic rings. The molecule has 92 valence electrons. The van der Waals surface area contributed by atoms with Crippen LogP contribution in [0.15, 0.2) is 48.5 Å². The van der Waals surface area contributed by atoms with Crippen molar-refractivity contribution < 1.29 is 0 Å². The lowest BCUT2D eigenvalue weighted by atomic mass is 9.96. The van der Waals surface area contributed by atoms with Crippen LogP contribution in [0.25, 0.3) is 21.5 Å². The normalized spacial score (nSPS) is 10.2. The first kappa shape index (κ1) is 12.6. The highest BCUT2D eigenvalue weighted by molar-refractivity contribution is 6.09. The van der Waals surface area contributed by atoms with Gasteiger partial charge in [0.05, 0.1) is 0 Å². The molecule has 0 aliphatic carbocycles. The van der Waals surface area contributed by atoms with Crippen molar-refractivity contribution in [2.45, 2.75) is 27.7 Å². The maximum absolute atomic E-state index is 2.30. The second-order valence-electron chi connectivity index (χ2n) is 4.41. The molecule has 0 heterocycles. The van der Waals surface area contributed by atoms with Gasteiger partial charge >= 0.3 is 0 Å². The summed E-state index contributed by atoms with van der Waals surface area (Å²) >= 11 is 0. The van der Waals surface area contributed by atoms with Crippen molar-refractivity contribution in [3.63, 3.8) is 0 Å². The average Bonchev–Trinajstić information content (AvgIpc) is 2.43. The zero-order valence-corrected chi connectivity index (χ0v) is 11.6. The van der Waals surface area contributed by atoms with E-state index in [1.165, 1.54) is 32.7 Å². The second kappa shape index (κ2) is 5.22. The Morgan fingerprint density at radius 1 is 0.556 bits per heavy atom. The first-order chi connectivity index (χ1) is 8.77. The van der Waals surface area contributed by atoms with Gasteiger partial charge in [0.2, 0.25) is 0 Å². The monoisotopic (exact) mass is 236 g/mol. The Hall–Kier alpha value is -1.82. The van der Waals surface area contributed by atoms with Crippen LogP contribution in [0.1, 0.15) is 25.0 Å². The molecule has 0 aromatic heterocycles. The van der Waals surface area contributed by atoms with E-state index >= 15 is 0 Å². The Morgan fingerprint density at radius 3 is 1.83 bits per heavy atom. The maximum Gasteiger partial charge on any atom is -0.0103 e. The molecule has 18 heavy (non-hydrogen) atoms. The number of hydrogen-bond donors (Lipinski definition) is 0. The summed E-state index contributed by atoms with van der Waals surface area (Å²) in [6.45, 7) is 8.37. The van der Waals surface area contributed by atoms with E-state index in [9.17, 15) is 0 Å². The van der Waals surface area contributed by atoms with Crippen LogP contribution >= 0.6 is 0 Å². The highest BCUT2D eigenvalue weighted by atomic mass is 14.1. The molecule has 0 saturated carbocycles. The summed E-state index contributed by atoms with van der Waals surface area (Å²) < 4.78 is 0. The third-order valence-corrected chi connectivity index (χ3v) is 3.33. The zero-order valence-electron chi connectivity index (χ0n) is 11.6. The van der Waals surface area contributed by atoms with Crippen molar-refractivity contribution in [2.24, 2.45) is 0 Å². The number of benzene rings is 3. The predicted molar refractivity (Wildman–Crippen MR) is 82.3 cm³/mol. The molecule has 0 atom stereocenters. The van der Waals surface area contributed by atoms with E-state index in [1.807, 2.05) is 13.8 Å². The SMILES string of the molecule is CC.Cc1cc2c(C)cccc2c2ccccc12. The van der Waals surface area contributed by atoms with E-state index in [0.29, 0.717) is 0 Å². The van der Waals surface area contributed by atoms with Gasteiger partial charge in [0.15, 0.2) is 0 Å². The summed E-state index contributed by atoms with van der Waals surface area (Å²) in [6.07, 6.45) is 0. The molecule has 0 fully saturated rings. The molecule has 3 aromatic rings. The Morgan fingerprint density at radius 2 is 1.11 bits per heavy atom. The molecule has 0 unspecified atom stereocenters. The maximum atomic E-state index is 2.30. The molecule has 0 nitrogen and oxygen atoms in total. The van der Waals surface area contributed by atoms with Crippen LogP contribution in [0.2, 0.25) is 0 Å². The smallest absolute Gasteiger partial charge is 0.0103 e. The van der Waals surface area contributed by atoms with Gasteiger partial charge < -0.3 is 0 Å². The molecule has 0 N–H and O–H groups in total. The van der Waals surface area contributed by atoms with Gasteiger partial charge in [-0.05, 0) is 46.5 Å². The first-order valence-corrected chi connectivity index (χ1v) is 6.65. The molecule has 0 radical (unpaired) electrons. The van der Waals surface area contributed by atoms with Gasteiger partial charge in [-0.25, -0.2) is 0 Å². The van der Waals surface area contributed by atoms with E-state index in [4.69, 9.17) is 0 Å². The van der Waals surface area contributed by atoms with Crippen molar-refractivity contribution in [1.82, 2.24) is 0 Å². The van der Waals surface area contributed by atoms with Gasteiger partial charge in [-0.2, -0.15) is 0 Å². The lowest BCUT2D eigenvalue weighted by molar-refractivity contribution is 1.50.